The van der Waals surface area contributed by atoms with Crippen LogP contribution in [0.3, 0.4) is 0 Å². The summed E-state index contributed by atoms with van der Waals surface area (Å²) in [5.74, 6) is 1.56. The van der Waals surface area contributed by atoms with Gasteiger partial charge in [0.1, 0.15) is 0 Å². The zero-order chi connectivity index (χ0) is 15.8. The molecule has 136 valence electrons. The molecule has 0 radical (unpaired) electrons. The maximum atomic E-state index is 5.81. The summed E-state index contributed by atoms with van der Waals surface area (Å²) in [7, 11) is 0. The van der Waals surface area contributed by atoms with Crippen LogP contribution in [0.1, 0.15) is 46.5 Å². The topological polar surface area (TPSA) is 48.9 Å². The summed E-state index contributed by atoms with van der Waals surface area (Å²) in [6.07, 6.45) is 5.00. The SMILES string of the molecule is CCNC(=NCC1(C)CCCO1)NCC(C)CN1CCCC1.I. The lowest BCUT2D eigenvalue weighted by Crippen LogP contribution is -2.42. The van der Waals surface area contributed by atoms with Gasteiger partial charge in [0.25, 0.3) is 0 Å². The molecule has 2 atom stereocenters. The Morgan fingerprint density at radius 2 is 2.00 bits per heavy atom. The van der Waals surface area contributed by atoms with E-state index in [1.165, 1.54) is 32.5 Å². The third-order valence-corrected chi connectivity index (χ3v) is 4.60. The van der Waals surface area contributed by atoms with E-state index >= 15 is 0 Å². The van der Waals surface area contributed by atoms with E-state index in [-0.39, 0.29) is 29.6 Å². The summed E-state index contributed by atoms with van der Waals surface area (Å²) in [4.78, 5) is 7.30. The first kappa shape index (κ1) is 21.0. The zero-order valence-corrected chi connectivity index (χ0v) is 17.4. The molecule has 5 nitrogen and oxygen atoms in total. The smallest absolute Gasteiger partial charge is 0.191 e. The molecule has 0 amide bonds. The van der Waals surface area contributed by atoms with Gasteiger partial charge in [0.05, 0.1) is 12.1 Å². The average molecular weight is 438 g/mol. The molecule has 2 aliphatic heterocycles. The predicted molar refractivity (Wildman–Crippen MR) is 108 cm³/mol. The molecular weight excluding hydrogens is 403 g/mol. The normalized spacial score (nSPS) is 26.8. The highest BCUT2D eigenvalue weighted by Gasteiger charge is 2.29. The monoisotopic (exact) mass is 438 g/mol. The summed E-state index contributed by atoms with van der Waals surface area (Å²) in [6, 6.07) is 0. The summed E-state index contributed by atoms with van der Waals surface area (Å²) in [5, 5.41) is 6.83. The molecule has 0 aromatic rings. The molecule has 6 heteroatoms. The molecule has 2 rings (SSSR count). The first-order chi connectivity index (χ1) is 10.6. The van der Waals surface area contributed by atoms with Crippen molar-refractivity contribution >= 4 is 29.9 Å². The standard InChI is InChI=1S/C17H34N4O.HI/c1-4-18-16(20-14-17(3)8-7-11-22-17)19-12-15(2)13-21-9-5-6-10-21;/h15H,4-14H2,1-3H3,(H2,18,19,20);1H. The van der Waals surface area contributed by atoms with Crippen LogP contribution >= 0.6 is 24.0 Å². The third kappa shape index (κ3) is 7.56. The van der Waals surface area contributed by atoms with Crippen LogP contribution < -0.4 is 10.6 Å². The van der Waals surface area contributed by atoms with Gasteiger partial charge < -0.3 is 20.3 Å². The minimum Gasteiger partial charge on any atom is -0.373 e. The van der Waals surface area contributed by atoms with Crippen molar-refractivity contribution < 1.29 is 4.74 Å². The maximum absolute atomic E-state index is 5.81. The van der Waals surface area contributed by atoms with Crippen LogP contribution in [0, 0.1) is 5.92 Å². The molecular formula is C17H35IN4O. The van der Waals surface area contributed by atoms with Gasteiger partial charge in [-0.05, 0) is 58.5 Å². The Bertz CT molecular complexity index is 353. The van der Waals surface area contributed by atoms with Crippen LogP contribution in [0.2, 0.25) is 0 Å². The van der Waals surface area contributed by atoms with E-state index in [9.17, 15) is 0 Å². The molecule has 0 aromatic heterocycles. The number of nitrogens with one attached hydrogen (secondary N) is 2. The minimum absolute atomic E-state index is 0. The van der Waals surface area contributed by atoms with Crippen molar-refractivity contribution in [2.45, 2.75) is 52.1 Å². The Kier molecular flexibility index (Phi) is 9.77. The Morgan fingerprint density at radius 1 is 1.26 bits per heavy atom. The minimum atomic E-state index is -0.0660. The van der Waals surface area contributed by atoms with E-state index in [1.54, 1.807) is 0 Å². The molecule has 0 aliphatic carbocycles. The molecule has 2 unspecified atom stereocenters. The van der Waals surface area contributed by atoms with Crippen LogP contribution in [-0.4, -0.2) is 62.3 Å². The third-order valence-electron chi connectivity index (χ3n) is 4.60. The van der Waals surface area contributed by atoms with Crippen molar-refractivity contribution in [1.29, 1.82) is 0 Å². The van der Waals surface area contributed by atoms with Gasteiger partial charge in [0.2, 0.25) is 0 Å². The van der Waals surface area contributed by atoms with E-state index in [1.807, 2.05) is 0 Å². The van der Waals surface area contributed by atoms with Crippen LogP contribution in [0.15, 0.2) is 4.99 Å². The zero-order valence-electron chi connectivity index (χ0n) is 15.1. The molecule has 23 heavy (non-hydrogen) atoms. The van der Waals surface area contributed by atoms with Gasteiger partial charge in [-0.1, -0.05) is 6.92 Å². The molecule has 0 saturated carbocycles. The fourth-order valence-electron chi connectivity index (χ4n) is 3.29. The van der Waals surface area contributed by atoms with Crippen LogP contribution in [0.25, 0.3) is 0 Å². The van der Waals surface area contributed by atoms with Crippen molar-refractivity contribution in [2.75, 3.05) is 45.9 Å². The summed E-state index contributed by atoms with van der Waals surface area (Å²) < 4.78 is 5.81. The number of aliphatic imine (C=N–C) groups is 1. The number of nitrogens with zero attached hydrogens (tertiary/aromatic N) is 2. The first-order valence-electron chi connectivity index (χ1n) is 9.00. The van der Waals surface area contributed by atoms with E-state index < -0.39 is 0 Å². The second-order valence-corrected chi connectivity index (χ2v) is 7.09. The van der Waals surface area contributed by atoms with Gasteiger partial charge in [-0.2, -0.15) is 0 Å². The largest absolute Gasteiger partial charge is 0.373 e. The quantitative estimate of drug-likeness (QED) is 0.364. The Hall–Kier alpha value is -0.0800. The molecule has 0 spiro atoms. The second-order valence-electron chi connectivity index (χ2n) is 7.09. The van der Waals surface area contributed by atoms with E-state index in [0.717, 1.165) is 45.0 Å². The lowest BCUT2D eigenvalue weighted by molar-refractivity contribution is 0.0283. The molecule has 2 saturated heterocycles. The van der Waals surface area contributed by atoms with Gasteiger partial charge >= 0.3 is 0 Å². The molecule has 0 aromatic carbocycles. The number of rotatable bonds is 7. The fourth-order valence-corrected chi connectivity index (χ4v) is 3.29. The van der Waals surface area contributed by atoms with Crippen LogP contribution in [-0.2, 0) is 4.74 Å². The van der Waals surface area contributed by atoms with Crippen molar-refractivity contribution in [3.63, 3.8) is 0 Å². The molecule has 2 N–H and O–H groups in total. The number of halogens is 1. The van der Waals surface area contributed by atoms with Crippen molar-refractivity contribution in [3.8, 4) is 0 Å². The highest BCUT2D eigenvalue weighted by molar-refractivity contribution is 14.0. The van der Waals surface area contributed by atoms with Gasteiger partial charge in [0, 0.05) is 26.2 Å². The molecule has 2 heterocycles. The molecule has 2 aliphatic rings. The van der Waals surface area contributed by atoms with Gasteiger partial charge in [-0.25, -0.2) is 0 Å². The lowest BCUT2D eigenvalue weighted by Gasteiger charge is -2.23. The van der Waals surface area contributed by atoms with Gasteiger partial charge in [0.15, 0.2) is 5.96 Å². The fraction of sp³-hybridized carbons (Fsp3) is 0.941. The van der Waals surface area contributed by atoms with E-state index in [0.29, 0.717) is 5.92 Å². The van der Waals surface area contributed by atoms with Crippen molar-refractivity contribution in [2.24, 2.45) is 10.9 Å². The van der Waals surface area contributed by atoms with Crippen molar-refractivity contribution in [3.05, 3.63) is 0 Å². The Labute approximate surface area is 159 Å². The predicted octanol–water partition coefficient (Wildman–Crippen LogP) is 2.46. The Morgan fingerprint density at radius 3 is 2.61 bits per heavy atom. The molecule has 2 fully saturated rings. The average Bonchev–Trinajstić information content (AvgIpc) is 3.14. The van der Waals surface area contributed by atoms with Gasteiger partial charge in [-0.15, -0.1) is 24.0 Å². The molecule has 0 bridgehead atoms. The number of hydrogen-bond donors (Lipinski definition) is 2. The van der Waals surface area contributed by atoms with E-state index in [2.05, 4.69) is 36.3 Å². The van der Waals surface area contributed by atoms with Crippen LogP contribution in [0.5, 0.6) is 0 Å². The Balaban J connectivity index is 0.00000264. The number of likely N-dealkylation sites (tertiary alicyclic amines) is 1. The number of guanidine groups is 1. The highest BCUT2D eigenvalue weighted by Crippen LogP contribution is 2.24. The van der Waals surface area contributed by atoms with Gasteiger partial charge in [-0.3, -0.25) is 4.99 Å². The number of ether oxygens (including phenoxy) is 1. The summed E-state index contributed by atoms with van der Waals surface area (Å²) in [5.41, 5.74) is -0.0660. The number of hydrogen-bond acceptors (Lipinski definition) is 3. The summed E-state index contributed by atoms with van der Waals surface area (Å²) >= 11 is 0. The lowest BCUT2D eigenvalue weighted by atomic mass is 10.0. The second kappa shape index (κ2) is 10.7. The summed E-state index contributed by atoms with van der Waals surface area (Å²) in [6.45, 7) is 13.8. The highest BCUT2D eigenvalue weighted by atomic mass is 127. The van der Waals surface area contributed by atoms with Crippen molar-refractivity contribution in [1.82, 2.24) is 15.5 Å². The van der Waals surface area contributed by atoms with Crippen LogP contribution in [0.4, 0.5) is 0 Å². The van der Waals surface area contributed by atoms with E-state index in [4.69, 9.17) is 9.73 Å². The maximum Gasteiger partial charge on any atom is 0.191 e. The first-order valence-corrected chi connectivity index (χ1v) is 9.00.